The van der Waals surface area contributed by atoms with Crippen LogP contribution in [-0.2, 0) is 4.79 Å². The van der Waals surface area contributed by atoms with Gasteiger partial charge in [-0.15, -0.1) is 0 Å². The first kappa shape index (κ1) is 18.0. The molecule has 136 valence electrons. The van der Waals surface area contributed by atoms with Crippen LogP contribution >= 0.6 is 0 Å². The molecule has 1 aliphatic heterocycles. The third-order valence-corrected chi connectivity index (χ3v) is 4.48. The van der Waals surface area contributed by atoms with Crippen molar-refractivity contribution in [3.05, 3.63) is 48.0 Å². The smallest absolute Gasteiger partial charge is 0.221 e. The number of benzene rings is 2. The topological polar surface area (TPSA) is 53.9 Å². The normalized spacial score (nSPS) is 14.5. The first-order valence-corrected chi connectivity index (χ1v) is 9.00. The quantitative estimate of drug-likeness (QED) is 0.813. The molecule has 0 bridgehead atoms. The molecule has 1 heterocycles. The van der Waals surface area contributed by atoms with Crippen molar-refractivity contribution < 1.29 is 9.53 Å². The van der Waals surface area contributed by atoms with Crippen molar-refractivity contribution in [3.8, 4) is 5.75 Å². The van der Waals surface area contributed by atoms with Crippen molar-refractivity contribution >= 4 is 29.2 Å². The third kappa shape index (κ3) is 4.63. The lowest BCUT2D eigenvalue weighted by Gasteiger charge is -2.29. The van der Waals surface area contributed by atoms with Crippen molar-refractivity contribution in [3.63, 3.8) is 0 Å². The summed E-state index contributed by atoms with van der Waals surface area (Å²) in [4.78, 5) is 18.0. The molecule has 26 heavy (non-hydrogen) atoms. The number of piperidine rings is 1. The van der Waals surface area contributed by atoms with E-state index in [0.717, 1.165) is 35.8 Å². The van der Waals surface area contributed by atoms with Gasteiger partial charge in [0.25, 0.3) is 0 Å². The summed E-state index contributed by atoms with van der Waals surface area (Å²) in [6.07, 6.45) is 5.63. The molecule has 1 N–H and O–H groups in total. The second-order valence-corrected chi connectivity index (χ2v) is 6.46. The number of nitrogens with one attached hydrogen (secondary N) is 1. The van der Waals surface area contributed by atoms with Gasteiger partial charge in [0.05, 0.1) is 12.8 Å². The maximum Gasteiger partial charge on any atom is 0.221 e. The van der Waals surface area contributed by atoms with Crippen LogP contribution in [0, 0.1) is 0 Å². The van der Waals surface area contributed by atoms with E-state index in [4.69, 9.17) is 4.74 Å². The van der Waals surface area contributed by atoms with E-state index in [1.165, 1.54) is 31.9 Å². The highest BCUT2D eigenvalue weighted by Gasteiger charge is 2.12. The molecule has 0 radical (unpaired) electrons. The Hall–Kier alpha value is -2.82. The van der Waals surface area contributed by atoms with Gasteiger partial charge in [-0.3, -0.25) is 9.79 Å². The Bertz CT molecular complexity index is 778. The van der Waals surface area contributed by atoms with Crippen molar-refractivity contribution in [2.75, 3.05) is 30.4 Å². The minimum atomic E-state index is -0.0835. The van der Waals surface area contributed by atoms with Crippen LogP contribution in [0.15, 0.2) is 47.5 Å². The zero-order valence-electron chi connectivity index (χ0n) is 15.4. The highest BCUT2D eigenvalue weighted by molar-refractivity contribution is 5.89. The molecule has 0 unspecified atom stereocenters. The predicted molar refractivity (Wildman–Crippen MR) is 107 cm³/mol. The van der Waals surface area contributed by atoms with Crippen LogP contribution in [0.5, 0.6) is 5.75 Å². The average Bonchev–Trinajstić information content (AvgIpc) is 2.67. The van der Waals surface area contributed by atoms with Gasteiger partial charge in [-0.25, -0.2) is 0 Å². The number of carbonyl (C=O) groups excluding carboxylic acids is 1. The fraction of sp³-hybridized carbons (Fsp3) is 0.333. The van der Waals surface area contributed by atoms with E-state index in [9.17, 15) is 4.79 Å². The molecule has 0 aliphatic carbocycles. The lowest BCUT2D eigenvalue weighted by Crippen LogP contribution is -2.29. The number of aliphatic imine (C=N–C) groups is 1. The molecule has 1 aliphatic rings. The monoisotopic (exact) mass is 351 g/mol. The van der Waals surface area contributed by atoms with Gasteiger partial charge in [-0.1, -0.05) is 0 Å². The van der Waals surface area contributed by atoms with Gasteiger partial charge in [-0.2, -0.15) is 0 Å². The molecule has 2 aromatic rings. The van der Waals surface area contributed by atoms with E-state index in [1.807, 2.05) is 30.5 Å². The molecule has 3 rings (SSSR count). The number of carbonyl (C=O) groups is 1. The molecule has 2 aromatic carbocycles. The average molecular weight is 351 g/mol. The Morgan fingerprint density at radius 1 is 1.12 bits per heavy atom. The number of nitrogens with zero attached hydrogens (tertiary/aromatic N) is 2. The number of methoxy groups -OCH3 is 1. The number of ether oxygens (including phenoxy) is 1. The second-order valence-electron chi connectivity index (χ2n) is 6.46. The van der Waals surface area contributed by atoms with Crippen LogP contribution in [0.3, 0.4) is 0 Å². The summed E-state index contributed by atoms with van der Waals surface area (Å²) in [5.41, 5.74) is 3.73. The molecule has 1 fully saturated rings. The second kappa shape index (κ2) is 8.52. The number of hydrogen-bond acceptors (Lipinski definition) is 4. The molecule has 0 aromatic heterocycles. The third-order valence-electron chi connectivity index (χ3n) is 4.48. The molecular weight excluding hydrogens is 326 g/mol. The predicted octanol–water partition coefficient (Wildman–Crippen LogP) is 4.39. The van der Waals surface area contributed by atoms with Crippen LogP contribution in [0.4, 0.5) is 17.1 Å². The SMILES string of the molecule is COc1cc(N2CCCCC2)ccc1C=Nc1ccc(NC(C)=O)cc1. The minimum Gasteiger partial charge on any atom is -0.496 e. The van der Waals surface area contributed by atoms with Gasteiger partial charge in [0.2, 0.25) is 5.91 Å². The van der Waals surface area contributed by atoms with E-state index in [2.05, 4.69) is 33.4 Å². The van der Waals surface area contributed by atoms with Crippen molar-refractivity contribution in [2.24, 2.45) is 4.99 Å². The van der Waals surface area contributed by atoms with Crippen molar-refractivity contribution in [1.29, 1.82) is 0 Å². The maximum atomic E-state index is 11.1. The van der Waals surface area contributed by atoms with Gasteiger partial charge in [-0.05, 0) is 55.7 Å². The van der Waals surface area contributed by atoms with Crippen molar-refractivity contribution in [1.82, 2.24) is 0 Å². The van der Waals surface area contributed by atoms with E-state index in [-0.39, 0.29) is 5.91 Å². The number of rotatable bonds is 5. The van der Waals surface area contributed by atoms with Crippen molar-refractivity contribution in [2.45, 2.75) is 26.2 Å². The largest absolute Gasteiger partial charge is 0.496 e. The standard InChI is InChI=1S/C21H25N3O2/c1-16(25)23-19-9-7-18(8-10-19)22-15-17-6-11-20(14-21(17)26-2)24-12-4-3-5-13-24/h6-11,14-15H,3-5,12-13H2,1-2H3,(H,23,25). The summed E-state index contributed by atoms with van der Waals surface area (Å²) in [6, 6.07) is 13.7. The van der Waals surface area contributed by atoms with Crippen LogP contribution in [0.2, 0.25) is 0 Å². The molecule has 5 heteroatoms. The Morgan fingerprint density at radius 3 is 2.50 bits per heavy atom. The van der Waals surface area contributed by atoms with Gasteiger partial charge >= 0.3 is 0 Å². The molecule has 1 amide bonds. The fourth-order valence-corrected chi connectivity index (χ4v) is 3.13. The summed E-state index contributed by atoms with van der Waals surface area (Å²) in [7, 11) is 1.69. The van der Waals surface area contributed by atoms with Crippen LogP contribution in [0.25, 0.3) is 0 Å². The Kier molecular flexibility index (Phi) is 5.89. The molecular formula is C21H25N3O2. The van der Waals surface area contributed by atoms with E-state index in [1.54, 1.807) is 7.11 Å². The van der Waals surface area contributed by atoms with Gasteiger partial charge < -0.3 is 15.0 Å². The minimum absolute atomic E-state index is 0.0835. The summed E-state index contributed by atoms with van der Waals surface area (Å²) in [5, 5.41) is 2.75. The van der Waals surface area contributed by atoms with Gasteiger partial charge in [0.1, 0.15) is 5.75 Å². The summed E-state index contributed by atoms with van der Waals surface area (Å²) in [6.45, 7) is 3.71. The number of amides is 1. The summed E-state index contributed by atoms with van der Waals surface area (Å²) in [5.74, 6) is 0.742. The first-order chi connectivity index (χ1) is 12.7. The Morgan fingerprint density at radius 2 is 1.85 bits per heavy atom. The van der Waals surface area contributed by atoms with Crippen LogP contribution in [0.1, 0.15) is 31.7 Å². The molecule has 0 saturated carbocycles. The maximum absolute atomic E-state index is 11.1. The Labute approximate surface area is 154 Å². The zero-order chi connectivity index (χ0) is 18.4. The van der Waals surface area contributed by atoms with E-state index >= 15 is 0 Å². The van der Waals surface area contributed by atoms with E-state index < -0.39 is 0 Å². The van der Waals surface area contributed by atoms with E-state index in [0.29, 0.717) is 0 Å². The first-order valence-electron chi connectivity index (χ1n) is 9.00. The number of hydrogen-bond donors (Lipinski definition) is 1. The molecule has 5 nitrogen and oxygen atoms in total. The highest BCUT2D eigenvalue weighted by Crippen LogP contribution is 2.27. The van der Waals surface area contributed by atoms with Gasteiger partial charge in [0, 0.05) is 49.2 Å². The molecule has 0 spiro atoms. The highest BCUT2D eigenvalue weighted by atomic mass is 16.5. The lowest BCUT2D eigenvalue weighted by molar-refractivity contribution is -0.114. The van der Waals surface area contributed by atoms with Crippen LogP contribution < -0.4 is 15.0 Å². The van der Waals surface area contributed by atoms with Crippen LogP contribution in [-0.4, -0.2) is 32.3 Å². The van der Waals surface area contributed by atoms with Gasteiger partial charge in [0.15, 0.2) is 0 Å². The zero-order valence-corrected chi connectivity index (χ0v) is 15.4. The molecule has 0 atom stereocenters. The lowest BCUT2D eigenvalue weighted by atomic mass is 10.1. The summed E-state index contributed by atoms with van der Waals surface area (Å²) >= 11 is 0. The Balaban J connectivity index is 1.74. The number of anilines is 2. The molecule has 1 saturated heterocycles. The fourth-order valence-electron chi connectivity index (χ4n) is 3.13. The summed E-state index contributed by atoms with van der Waals surface area (Å²) < 4.78 is 5.56.